The second kappa shape index (κ2) is 10.1. The van der Waals surface area contributed by atoms with Gasteiger partial charge in [-0.3, -0.25) is 14.6 Å². The van der Waals surface area contributed by atoms with E-state index in [-0.39, 0.29) is 11.9 Å². The molecule has 1 aliphatic rings. The zero-order valence-electron chi connectivity index (χ0n) is 15.9. The average molecular weight is 418 g/mol. The number of nitrogens with zero attached hydrogens (tertiary/aromatic N) is 2. The molecule has 0 radical (unpaired) electrons. The first kappa shape index (κ1) is 20.9. The lowest BCUT2D eigenvalue weighted by atomic mass is 10.2. The lowest BCUT2D eigenvalue weighted by molar-refractivity contribution is -0.121. The molecule has 2 aromatic carbocycles. The lowest BCUT2D eigenvalue weighted by Gasteiger charge is -2.37. The van der Waals surface area contributed by atoms with Gasteiger partial charge in [-0.05, 0) is 24.6 Å². The molecule has 148 valence electrons. The molecule has 2 aromatic rings. The summed E-state index contributed by atoms with van der Waals surface area (Å²) in [5.41, 5.74) is 1.69. The third-order valence-electron chi connectivity index (χ3n) is 5.02. The van der Waals surface area contributed by atoms with Crippen molar-refractivity contribution in [2.45, 2.75) is 13.0 Å². The summed E-state index contributed by atoms with van der Waals surface area (Å²) in [6.07, 6.45) is 4.34. The highest BCUT2D eigenvalue weighted by molar-refractivity contribution is 6.39. The zero-order valence-corrected chi connectivity index (χ0v) is 17.5. The molecule has 1 N–H and O–H groups in total. The summed E-state index contributed by atoms with van der Waals surface area (Å²) in [4.78, 5) is 17.2. The molecule has 6 heteroatoms. The van der Waals surface area contributed by atoms with E-state index in [1.807, 2.05) is 25.1 Å². The van der Waals surface area contributed by atoms with Crippen molar-refractivity contribution in [3.05, 3.63) is 70.2 Å². The van der Waals surface area contributed by atoms with Crippen molar-refractivity contribution in [2.75, 3.05) is 38.0 Å². The summed E-state index contributed by atoms with van der Waals surface area (Å²) >= 11 is 12.3. The van der Waals surface area contributed by atoms with Crippen molar-refractivity contribution in [1.29, 1.82) is 0 Å². The minimum Gasteiger partial charge on any atom is -0.322 e. The van der Waals surface area contributed by atoms with Crippen LogP contribution in [0.5, 0.6) is 0 Å². The minimum absolute atomic E-state index is 0.0903. The number of carbonyl (C=O) groups is 1. The number of anilines is 1. The van der Waals surface area contributed by atoms with Gasteiger partial charge in [0.2, 0.25) is 5.91 Å². The quantitative estimate of drug-likeness (QED) is 0.742. The van der Waals surface area contributed by atoms with Crippen molar-refractivity contribution in [2.24, 2.45) is 0 Å². The van der Waals surface area contributed by atoms with Crippen molar-refractivity contribution in [1.82, 2.24) is 9.80 Å². The van der Waals surface area contributed by atoms with Gasteiger partial charge in [0.25, 0.3) is 0 Å². The lowest BCUT2D eigenvalue weighted by Crippen LogP contribution is -2.52. The van der Waals surface area contributed by atoms with E-state index in [0.717, 1.165) is 32.7 Å². The number of carbonyl (C=O) groups excluding carboxylic acids is 1. The van der Waals surface area contributed by atoms with Crippen LogP contribution in [0.4, 0.5) is 5.69 Å². The molecule has 0 bridgehead atoms. The monoisotopic (exact) mass is 417 g/mol. The first-order valence-electron chi connectivity index (χ1n) is 9.47. The summed E-state index contributed by atoms with van der Waals surface area (Å²) in [7, 11) is 0. The van der Waals surface area contributed by atoms with E-state index in [4.69, 9.17) is 23.2 Å². The fraction of sp³-hybridized carbons (Fsp3) is 0.318. The van der Waals surface area contributed by atoms with Gasteiger partial charge in [0.15, 0.2) is 0 Å². The molecule has 1 atom stereocenters. The highest BCUT2D eigenvalue weighted by Crippen LogP contribution is 2.30. The number of para-hydroxylation sites is 1. The van der Waals surface area contributed by atoms with Crippen LogP contribution in [-0.2, 0) is 4.79 Å². The molecular formula is C22H25Cl2N3O. The van der Waals surface area contributed by atoms with Crippen LogP contribution in [0.1, 0.15) is 12.5 Å². The van der Waals surface area contributed by atoms with Crippen molar-refractivity contribution < 1.29 is 4.79 Å². The van der Waals surface area contributed by atoms with Crippen LogP contribution in [0.3, 0.4) is 0 Å². The highest BCUT2D eigenvalue weighted by Gasteiger charge is 2.26. The molecule has 1 amide bonds. The van der Waals surface area contributed by atoms with Crippen LogP contribution in [0.2, 0.25) is 10.0 Å². The average Bonchev–Trinajstić information content (AvgIpc) is 2.71. The molecular weight excluding hydrogens is 393 g/mol. The topological polar surface area (TPSA) is 35.6 Å². The van der Waals surface area contributed by atoms with Gasteiger partial charge >= 0.3 is 0 Å². The van der Waals surface area contributed by atoms with Gasteiger partial charge in [-0.1, -0.05) is 71.8 Å². The molecule has 1 aliphatic heterocycles. The highest BCUT2D eigenvalue weighted by atomic mass is 35.5. The molecule has 3 rings (SSSR count). The maximum atomic E-state index is 12.6. The number of nitrogens with one attached hydrogen (secondary N) is 1. The molecule has 0 spiro atoms. The summed E-state index contributed by atoms with van der Waals surface area (Å²) < 4.78 is 0. The van der Waals surface area contributed by atoms with E-state index in [9.17, 15) is 4.79 Å². The maximum absolute atomic E-state index is 12.6. The molecule has 1 fully saturated rings. The summed E-state index contributed by atoms with van der Waals surface area (Å²) in [6, 6.07) is 15.3. The first-order valence-corrected chi connectivity index (χ1v) is 10.2. The Kier molecular flexibility index (Phi) is 7.51. The van der Waals surface area contributed by atoms with Gasteiger partial charge in [-0.15, -0.1) is 0 Å². The van der Waals surface area contributed by atoms with Crippen molar-refractivity contribution >= 4 is 40.9 Å². The molecule has 0 aliphatic carbocycles. The number of piperazine rings is 1. The Labute approximate surface area is 176 Å². The van der Waals surface area contributed by atoms with Gasteiger partial charge in [0.1, 0.15) is 0 Å². The number of rotatable bonds is 6. The Balaban J connectivity index is 1.47. The number of halogens is 2. The van der Waals surface area contributed by atoms with E-state index in [1.54, 1.807) is 18.2 Å². The Bertz CT molecular complexity index is 798. The molecule has 0 aromatic heterocycles. The van der Waals surface area contributed by atoms with Crippen LogP contribution in [0.25, 0.3) is 6.08 Å². The molecule has 0 saturated carbocycles. The number of hydrogen-bond donors (Lipinski definition) is 1. The van der Waals surface area contributed by atoms with E-state index in [0.29, 0.717) is 15.7 Å². The summed E-state index contributed by atoms with van der Waals surface area (Å²) in [5.74, 6) is -0.0903. The largest absolute Gasteiger partial charge is 0.322 e. The second-order valence-electron chi connectivity index (χ2n) is 6.91. The van der Waals surface area contributed by atoms with Crippen LogP contribution in [-0.4, -0.2) is 54.5 Å². The molecule has 1 saturated heterocycles. The Morgan fingerprint density at radius 3 is 2.32 bits per heavy atom. The first-order chi connectivity index (χ1) is 13.5. The van der Waals surface area contributed by atoms with E-state index in [1.165, 1.54) is 5.56 Å². The standard InChI is InChI=1S/C22H25Cl2N3O/c1-17(22(28)25-21-19(23)10-5-11-20(21)24)27-15-13-26(14-16-27)12-6-9-18-7-3-2-4-8-18/h2-11,17H,12-16H2,1H3,(H,25,28)/b9-6+/t17-/m1/s1. The van der Waals surface area contributed by atoms with Crippen molar-refractivity contribution in [3.63, 3.8) is 0 Å². The predicted molar refractivity (Wildman–Crippen MR) is 118 cm³/mol. The van der Waals surface area contributed by atoms with Crippen LogP contribution in [0.15, 0.2) is 54.6 Å². The summed E-state index contributed by atoms with van der Waals surface area (Å²) in [6.45, 7) is 6.41. The number of hydrogen-bond acceptors (Lipinski definition) is 3. The van der Waals surface area contributed by atoms with Gasteiger partial charge in [0, 0.05) is 32.7 Å². The molecule has 1 heterocycles. The molecule has 0 unspecified atom stereocenters. The summed E-state index contributed by atoms with van der Waals surface area (Å²) in [5, 5.41) is 3.76. The molecule has 28 heavy (non-hydrogen) atoms. The van der Waals surface area contributed by atoms with Gasteiger partial charge < -0.3 is 5.32 Å². The van der Waals surface area contributed by atoms with Gasteiger partial charge in [0.05, 0.1) is 21.8 Å². The predicted octanol–water partition coefficient (Wildman–Crippen LogP) is 4.65. The Morgan fingerprint density at radius 2 is 1.68 bits per heavy atom. The Morgan fingerprint density at radius 1 is 1.04 bits per heavy atom. The third kappa shape index (κ3) is 5.58. The normalized spacial score (nSPS) is 17.0. The zero-order chi connectivity index (χ0) is 19.9. The van der Waals surface area contributed by atoms with Crippen LogP contribution in [0, 0.1) is 0 Å². The van der Waals surface area contributed by atoms with E-state index < -0.39 is 0 Å². The van der Waals surface area contributed by atoms with Crippen LogP contribution < -0.4 is 5.32 Å². The third-order valence-corrected chi connectivity index (χ3v) is 5.65. The fourth-order valence-electron chi connectivity index (χ4n) is 3.25. The van der Waals surface area contributed by atoms with E-state index in [2.05, 4.69) is 39.4 Å². The van der Waals surface area contributed by atoms with Crippen molar-refractivity contribution in [3.8, 4) is 0 Å². The second-order valence-corrected chi connectivity index (χ2v) is 7.73. The Hall–Kier alpha value is -1.85. The SMILES string of the molecule is C[C@H](C(=O)Nc1c(Cl)cccc1Cl)N1CCN(C/C=C/c2ccccc2)CC1. The molecule has 4 nitrogen and oxygen atoms in total. The number of amides is 1. The maximum Gasteiger partial charge on any atom is 0.241 e. The van der Waals surface area contributed by atoms with Crippen LogP contribution >= 0.6 is 23.2 Å². The van der Waals surface area contributed by atoms with Gasteiger partial charge in [-0.2, -0.15) is 0 Å². The number of benzene rings is 2. The fourth-order valence-corrected chi connectivity index (χ4v) is 3.74. The van der Waals surface area contributed by atoms with E-state index >= 15 is 0 Å². The van der Waals surface area contributed by atoms with Gasteiger partial charge in [-0.25, -0.2) is 0 Å². The minimum atomic E-state index is -0.241. The smallest absolute Gasteiger partial charge is 0.241 e.